The van der Waals surface area contributed by atoms with E-state index in [4.69, 9.17) is 5.14 Å². The first-order valence-electron chi connectivity index (χ1n) is 5.12. The Kier molecular flexibility index (Phi) is 3.69. The average molecular weight is 241 g/mol. The van der Waals surface area contributed by atoms with Gasteiger partial charge in [0.1, 0.15) is 0 Å². The molecule has 1 rings (SSSR count). The molecule has 1 aromatic carbocycles. The Morgan fingerprint density at radius 2 is 1.31 bits per heavy atom. The SMILES string of the molecule is CC(C)(O)c1cc(SN)cc(C(C)(C)O)c1. The van der Waals surface area contributed by atoms with Crippen molar-refractivity contribution >= 4 is 11.9 Å². The van der Waals surface area contributed by atoms with Crippen molar-refractivity contribution in [1.29, 1.82) is 0 Å². The van der Waals surface area contributed by atoms with E-state index in [1.54, 1.807) is 33.8 Å². The lowest BCUT2D eigenvalue weighted by atomic mass is 9.91. The van der Waals surface area contributed by atoms with Crippen LogP contribution in [-0.4, -0.2) is 10.2 Å². The lowest BCUT2D eigenvalue weighted by molar-refractivity contribution is 0.0713. The number of rotatable bonds is 3. The molecule has 16 heavy (non-hydrogen) atoms. The third kappa shape index (κ3) is 3.22. The van der Waals surface area contributed by atoms with Gasteiger partial charge in [-0.1, -0.05) is 6.07 Å². The lowest BCUT2D eigenvalue weighted by Gasteiger charge is -2.24. The Balaban J connectivity index is 3.33. The van der Waals surface area contributed by atoms with Crippen molar-refractivity contribution in [1.82, 2.24) is 0 Å². The van der Waals surface area contributed by atoms with Crippen LogP contribution in [0.25, 0.3) is 0 Å². The first-order valence-corrected chi connectivity index (χ1v) is 6.00. The van der Waals surface area contributed by atoms with Crippen molar-refractivity contribution in [3.63, 3.8) is 0 Å². The van der Waals surface area contributed by atoms with Crippen LogP contribution in [0.1, 0.15) is 38.8 Å². The third-order valence-electron chi connectivity index (χ3n) is 2.46. The Labute approximate surface area is 101 Å². The molecule has 0 saturated heterocycles. The molecule has 0 radical (unpaired) electrons. The number of aliphatic hydroxyl groups is 2. The highest BCUT2D eigenvalue weighted by atomic mass is 32.2. The zero-order valence-electron chi connectivity index (χ0n) is 10.1. The lowest BCUT2D eigenvalue weighted by Crippen LogP contribution is -2.20. The van der Waals surface area contributed by atoms with Gasteiger partial charge >= 0.3 is 0 Å². The molecule has 0 spiro atoms. The minimum absolute atomic E-state index is 0.750. The number of hydrogen-bond donors (Lipinski definition) is 3. The summed E-state index contributed by atoms with van der Waals surface area (Å²) in [5, 5.41) is 25.5. The van der Waals surface area contributed by atoms with Gasteiger partial charge in [-0.05, 0) is 62.9 Å². The van der Waals surface area contributed by atoms with Crippen LogP contribution in [0.4, 0.5) is 0 Å². The molecule has 0 amide bonds. The normalized spacial score (nSPS) is 12.9. The molecule has 3 nitrogen and oxygen atoms in total. The van der Waals surface area contributed by atoms with Gasteiger partial charge < -0.3 is 10.2 Å². The van der Waals surface area contributed by atoms with Gasteiger partial charge in [-0.15, -0.1) is 0 Å². The van der Waals surface area contributed by atoms with Crippen LogP contribution < -0.4 is 5.14 Å². The molecule has 1 aromatic rings. The number of nitrogens with two attached hydrogens (primary N) is 1. The molecular formula is C12H19NO2S. The molecule has 4 N–H and O–H groups in total. The van der Waals surface area contributed by atoms with Gasteiger partial charge in [0.15, 0.2) is 0 Å². The van der Waals surface area contributed by atoms with Crippen molar-refractivity contribution in [3.8, 4) is 0 Å². The van der Waals surface area contributed by atoms with Gasteiger partial charge in [-0.2, -0.15) is 0 Å². The zero-order valence-corrected chi connectivity index (χ0v) is 10.9. The molecule has 0 unspecified atom stereocenters. The van der Waals surface area contributed by atoms with Gasteiger partial charge in [0.2, 0.25) is 0 Å². The van der Waals surface area contributed by atoms with E-state index in [1.165, 1.54) is 0 Å². The maximum absolute atomic E-state index is 9.97. The fourth-order valence-electron chi connectivity index (χ4n) is 1.37. The quantitative estimate of drug-likeness (QED) is 0.709. The molecule has 0 atom stereocenters. The second-order valence-corrected chi connectivity index (χ2v) is 5.69. The van der Waals surface area contributed by atoms with Gasteiger partial charge in [0.05, 0.1) is 11.2 Å². The van der Waals surface area contributed by atoms with E-state index in [9.17, 15) is 10.2 Å². The molecule has 90 valence electrons. The van der Waals surface area contributed by atoms with Gasteiger partial charge in [-0.3, -0.25) is 5.14 Å². The first-order chi connectivity index (χ1) is 7.14. The second kappa shape index (κ2) is 4.37. The Bertz CT molecular complexity index is 345. The van der Waals surface area contributed by atoms with Crippen molar-refractivity contribution in [3.05, 3.63) is 29.3 Å². The van der Waals surface area contributed by atoms with Crippen LogP contribution in [0, 0.1) is 0 Å². The molecule has 0 bridgehead atoms. The predicted octanol–water partition coefficient (Wildman–Crippen LogP) is 2.11. The van der Waals surface area contributed by atoms with E-state index < -0.39 is 11.2 Å². The average Bonchev–Trinajstić information content (AvgIpc) is 2.14. The molecule has 0 saturated carbocycles. The molecule has 0 aliphatic rings. The zero-order chi connectivity index (χ0) is 12.6. The summed E-state index contributed by atoms with van der Waals surface area (Å²) in [5.41, 5.74) is -0.377. The Morgan fingerprint density at radius 3 is 1.56 bits per heavy atom. The summed E-state index contributed by atoms with van der Waals surface area (Å²) in [6, 6.07) is 5.47. The highest BCUT2D eigenvalue weighted by Gasteiger charge is 2.22. The fraction of sp³-hybridized carbons (Fsp3) is 0.500. The van der Waals surface area contributed by atoms with E-state index in [1.807, 2.05) is 12.1 Å². The summed E-state index contributed by atoms with van der Waals surface area (Å²) in [6.07, 6.45) is 0. The maximum Gasteiger partial charge on any atom is 0.0841 e. The summed E-state index contributed by atoms with van der Waals surface area (Å²) in [6.45, 7) is 6.84. The summed E-state index contributed by atoms with van der Waals surface area (Å²) in [5.74, 6) is 0. The minimum Gasteiger partial charge on any atom is -0.386 e. The van der Waals surface area contributed by atoms with Gasteiger partial charge in [0.25, 0.3) is 0 Å². The minimum atomic E-state index is -0.939. The molecule has 0 fully saturated rings. The first kappa shape index (κ1) is 13.5. The molecule has 0 aromatic heterocycles. The second-order valence-electron chi connectivity index (χ2n) is 4.98. The van der Waals surface area contributed by atoms with Crippen molar-refractivity contribution in [2.45, 2.75) is 43.8 Å². The molecule has 0 aliphatic carbocycles. The largest absolute Gasteiger partial charge is 0.386 e. The van der Waals surface area contributed by atoms with Gasteiger partial charge in [0, 0.05) is 4.90 Å². The molecule has 4 heteroatoms. The van der Waals surface area contributed by atoms with Crippen molar-refractivity contribution in [2.75, 3.05) is 0 Å². The summed E-state index contributed by atoms with van der Waals surface area (Å²) in [4.78, 5) is 0.830. The predicted molar refractivity (Wildman–Crippen MR) is 67.0 cm³/mol. The monoisotopic (exact) mass is 241 g/mol. The molecule has 0 aliphatic heterocycles. The van der Waals surface area contributed by atoms with Crippen LogP contribution in [-0.2, 0) is 11.2 Å². The summed E-state index contributed by atoms with van der Waals surface area (Å²) in [7, 11) is 0. The van der Waals surface area contributed by atoms with Crippen molar-refractivity contribution < 1.29 is 10.2 Å². The van der Waals surface area contributed by atoms with E-state index in [2.05, 4.69) is 0 Å². The van der Waals surface area contributed by atoms with E-state index in [-0.39, 0.29) is 0 Å². The van der Waals surface area contributed by atoms with Crippen LogP contribution in [0.15, 0.2) is 23.1 Å². The topological polar surface area (TPSA) is 66.5 Å². The summed E-state index contributed by atoms with van der Waals surface area (Å²) < 4.78 is 0. The van der Waals surface area contributed by atoms with E-state index in [0.717, 1.165) is 28.0 Å². The van der Waals surface area contributed by atoms with Crippen LogP contribution in [0.3, 0.4) is 0 Å². The fourth-order valence-corrected chi connectivity index (χ4v) is 1.76. The van der Waals surface area contributed by atoms with Crippen LogP contribution in [0.5, 0.6) is 0 Å². The van der Waals surface area contributed by atoms with Crippen LogP contribution >= 0.6 is 11.9 Å². The Hall–Kier alpha value is -0.550. The highest BCUT2D eigenvalue weighted by molar-refractivity contribution is 7.97. The smallest absolute Gasteiger partial charge is 0.0841 e. The molecule has 0 heterocycles. The third-order valence-corrected chi connectivity index (χ3v) is 2.96. The van der Waals surface area contributed by atoms with E-state index >= 15 is 0 Å². The molecular weight excluding hydrogens is 222 g/mol. The summed E-state index contributed by atoms with van der Waals surface area (Å²) >= 11 is 1.11. The highest BCUT2D eigenvalue weighted by Crippen LogP contribution is 2.30. The van der Waals surface area contributed by atoms with E-state index in [0.29, 0.717) is 0 Å². The van der Waals surface area contributed by atoms with Crippen LogP contribution in [0.2, 0.25) is 0 Å². The standard InChI is InChI=1S/C12H19NO2S/c1-11(2,14)8-5-9(12(3,4)15)7-10(6-8)16-13/h5-7,14-15H,13H2,1-4H3. The Morgan fingerprint density at radius 1 is 0.938 bits per heavy atom. The van der Waals surface area contributed by atoms with Gasteiger partial charge in [-0.25, -0.2) is 0 Å². The maximum atomic E-state index is 9.97. The van der Waals surface area contributed by atoms with Crippen molar-refractivity contribution in [2.24, 2.45) is 5.14 Å². The number of hydrogen-bond acceptors (Lipinski definition) is 4. The number of benzene rings is 1.